The summed E-state index contributed by atoms with van der Waals surface area (Å²) in [6.07, 6.45) is 1.61. The van der Waals surface area contributed by atoms with Crippen LogP contribution in [0.1, 0.15) is 15.9 Å². The number of benzene rings is 4. The lowest BCUT2D eigenvalue weighted by molar-refractivity contribution is 0.0734. The summed E-state index contributed by atoms with van der Waals surface area (Å²) in [5.41, 5.74) is 5.81. The Kier molecular flexibility index (Phi) is 7.57. The topological polar surface area (TPSA) is 113 Å². The van der Waals surface area contributed by atoms with Crippen molar-refractivity contribution in [3.05, 3.63) is 126 Å². The number of esters is 1. The van der Waals surface area contributed by atoms with Crippen molar-refractivity contribution in [1.29, 1.82) is 0 Å². The highest BCUT2D eigenvalue weighted by Gasteiger charge is 2.09. The van der Waals surface area contributed by atoms with Crippen molar-refractivity contribution in [3.63, 3.8) is 0 Å². The first-order valence-corrected chi connectivity index (χ1v) is 11.8. The van der Waals surface area contributed by atoms with E-state index in [1.807, 2.05) is 66.7 Å². The van der Waals surface area contributed by atoms with Crippen LogP contribution >= 0.6 is 0 Å². The minimum absolute atomic E-state index is 0.251. The molecule has 0 aliphatic heterocycles. The van der Waals surface area contributed by atoms with E-state index >= 15 is 0 Å². The molecule has 0 amide bonds. The van der Waals surface area contributed by atoms with Gasteiger partial charge in [-0.1, -0.05) is 54.6 Å². The van der Waals surface area contributed by atoms with E-state index in [9.17, 15) is 4.79 Å². The van der Waals surface area contributed by atoms with Crippen molar-refractivity contribution in [2.75, 3.05) is 16.1 Å². The normalized spacial score (nSPS) is 10.6. The van der Waals surface area contributed by atoms with Crippen LogP contribution < -0.4 is 20.8 Å². The van der Waals surface area contributed by atoms with Crippen LogP contribution in [0.5, 0.6) is 5.75 Å². The average Bonchev–Trinajstić information content (AvgIpc) is 2.95. The predicted molar refractivity (Wildman–Crippen MR) is 148 cm³/mol. The van der Waals surface area contributed by atoms with Crippen LogP contribution in [0.4, 0.5) is 29.2 Å². The van der Waals surface area contributed by atoms with Gasteiger partial charge in [0.15, 0.2) is 0 Å². The molecule has 0 atom stereocenters. The molecule has 0 unspecified atom stereocenters. The molecular formula is C29H23N7O2. The molecule has 38 heavy (non-hydrogen) atoms. The van der Waals surface area contributed by atoms with E-state index in [2.05, 4.69) is 36.1 Å². The Bertz CT molecular complexity index is 1450. The summed E-state index contributed by atoms with van der Waals surface area (Å²) >= 11 is 0. The fraction of sp³-hybridized carbons (Fsp3) is 0. The number of aromatic nitrogens is 3. The first kappa shape index (κ1) is 24.1. The quantitative estimate of drug-likeness (QED) is 0.0972. The van der Waals surface area contributed by atoms with E-state index < -0.39 is 5.97 Å². The number of nitrogens with zero attached hydrogens (tertiary/aromatic N) is 4. The van der Waals surface area contributed by atoms with Gasteiger partial charge in [0.25, 0.3) is 0 Å². The molecule has 186 valence electrons. The minimum atomic E-state index is -0.414. The Morgan fingerprint density at radius 3 is 1.68 bits per heavy atom. The number of hydrogen-bond acceptors (Lipinski definition) is 9. The molecule has 0 radical (unpaired) electrons. The van der Waals surface area contributed by atoms with Gasteiger partial charge < -0.3 is 15.4 Å². The molecule has 1 heterocycles. The summed E-state index contributed by atoms with van der Waals surface area (Å²) in [4.78, 5) is 25.5. The lowest BCUT2D eigenvalue weighted by atomic mass is 10.2. The number of nitrogens with one attached hydrogen (secondary N) is 3. The van der Waals surface area contributed by atoms with Gasteiger partial charge in [-0.15, -0.1) is 0 Å². The van der Waals surface area contributed by atoms with E-state index in [1.54, 1.807) is 54.7 Å². The van der Waals surface area contributed by atoms with Gasteiger partial charge in [-0.05, 0) is 66.2 Å². The molecule has 9 nitrogen and oxygen atoms in total. The van der Waals surface area contributed by atoms with Crippen LogP contribution in [0, 0.1) is 0 Å². The number of hydrogen-bond donors (Lipinski definition) is 3. The van der Waals surface area contributed by atoms with Crippen molar-refractivity contribution < 1.29 is 9.53 Å². The molecule has 4 aromatic carbocycles. The number of carbonyl (C=O) groups excluding carboxylic acids is 1. The Morgan fingerprint density at radius 2 is 1.13 bits per heavy atom. The standard InChI is InChI=1S/C29H23N7O2/c37-26(22-10-4-1-5-11-22)38-25-18-16-21(17-19-25)20-30-36-29-34-27(31-23-12-6-2-7-13-23)33-28(35-29)32-24-14-8-3-9-15-24/h1-20H,(H3,31,32,33,34,35,36)/b30-20+. The summed E-state index contributed by atoms with van der Waals surface area (Å²) in [5.74, 6) is 0.985. The van der Waals surface area contributed by atoms with Gasteiger partial charge in [0.2, 0.25) is 17.8 Å². The Hall–Kier alpha value is -5.57. The summed E-state index contributed by atoms with van der Waals surface area (Å²) in [6.45, 7) is 0. The molecule has 0 spiro atoms. The molecule has 0 bridgehead atoms. The van der Waals surface area contributed by atoms with Gasteiger partial charge in [-0.25, -0.2) is 10.2 Å². The van der Waals surface area contributed by atoms with Crippen LogP contribution in [0.2, 0.25) is 0 Å². The second kappa shape index (κ2) is 11.9. The zero-order chi connectivity index (χ0) is 26.0. The van der Waals surface area contributed by atoms with Crippen LogP contribution in [0.3, 0.4) is 0 Å². The number of ether oxygens (including phenoxy) is 1. The maximum absolute atomic E-state index is 12.2. The Labute approximate surface area is 219 Å². The highest BCUT2D eigenvalue weighted by atomic mass is 16.5. The smallest absolute Gasteiger partial charge is 0.343 e. The van der Waals surface area contributed by atoms with Crippen LogP contribution in [0.15, 0.2) is 120 Å². The summed E-state index contributed by atoms with van der Waals surface area (Å²) in [6, 6.07) is 35.0. The fourth-order valence-electron chi connectivity index (χ4n) is 3.37. The van der Waals surface area contributed by atoms with E-state index in [-0.39, 0.29) is 5.95 Å². The monoisotopic (exact) mass is 501 g/mol. The number of anilines is 5. The largest absolute Gasteiger partial charge is 0.423 e. The van der Waals surface area contributed by atoms with Gasteiger partial charge >= 0.3 is 5.97 Å². The molecule has 5 rings (SSSR count). The molecule has 3 N–H and O–H groups in total. The zero-order valence-electron chi connectivity index (χ0n) is 20.2. The molecule has 5 aromatic rings. The average molecular weight is 502 g/mol. The first-order valence-electron chi connectivity index (χ1n) is 11.8. The van der Waals surface area contributed by atoms with Crippen LogP contribution in [-0.4, -0.2) is 27.1 Å². The van der Waals surface area contributed by atoms with E-state index in [1.165, 1.54) is 0 Å². The second-order valence-corrected chi connectivity index (χ2v) is 7.98. The maximum Gasteiger partial charge on any atom is 0.343 e. The minimum Gasteiger partial charge on any atom is -0.423 e. The number of carbonyl (C=O) groups is 1. The third-order valence-electron chi connectivity index (χ3n) is 5.17. The molecule has 0 aliphatic carbocycles. The molecule has 9 heteroatoms. The third kappa shape index (κ3) is 6.76. The van der Waals surface area contributed by atoms with Crippen LogP contribution in [-0.2, 0) is 0 Å². The summed E-state index contributed by atoms with van der Waals surface area (Å²) in [5, 5.41) is 10.6. The zero-order valence-corrected chi connectivity index (χ0v) is 20.2. The van der Waals surface area contributed by atoms with Crippen LogP contribution in [0.25, 0.3) is 0 Å². The van der Waals surface area contributed by atoms with Crippen molar-refractivity contribution in [1.82, 2.24) is 15.0 Å². The number of para-hydroxylation sites is 2. The van der Waals surface area contributed by atoms with E-state index in [0.717, 1.165) is 16.9 Å². The second-order valence-electron chi connectivity index (χ2n) is 7.98. The van der Waals surface area contributed by atoms with E-state index in [4.69, 9.17) is 4.74 Å². The van der Waals surface area contributed by atoms with E-state index in [0.29, 0.717) is 23.2 Å². The highest BCUT2D eigenvalue weighted by molar-refractivity contribution is 5.91. The van der Waals surface area contributed by atoms with Gasteiger partial charge in [0.05, 0.1) is 11.8 Å². The SMILES string of the molecule is O=C(Oc1ccc(/C=N/Nc2nc(Nc3ccccc3)nc(Nc3ccccc3)n2)cc1)c1ccccc1. The number of rotatable bonds is 9. The lowest BCUT2D eigenvalue weighted by Crippen LogP contribution is -2.08. The van der Waals surface area contributed by atoms with Gasteiger partial charge in [0, 0.05) is 11.4 Å². The van der Waals surface area contributed by atoms with Crippen molar-refractivity contribution in [2.45, 2.75) is 0 Å². The highest BCUT2D eigenvalue weighted by Crippen LogP contribution is 2.19. The number of hydrazone groups is 1. The van der Waals surface area contributed by atoms with Gasteiger partial charge in [-0.2, -0.15) is 20.1 Å². The molecule has 1 aromatic heterocycles. The van der Waals surface area contributed by atoms with Crippen molar-refractivity contribution in [2.24, 2.45) is 5.10 Å². The van der Waals surface area contributed by atoms with Crippen molar-refractivity contribution in [3.8, 4) is 5.75 Å². The predicted octanol–water partition coefficient (Wildman–Crippen LogP) is 6.02. The lowest BCUT2D eigenvalue weighted by Gasteiger charge is -2.10. The van der Waals surface area contributed by atoms with Gasteiger partial charge in [0.1, 0.15) is 5.75 Å². The fourth-order valence-corrected chi connectivity index (χ4v) is 3.37. The Balaban J connectivity index is 1.27. The molecular weight excluding hydrogens is 478 g/mol. The first-order chi connectivity index (χ1) is 18.7. The third-order valence-corrected chi connectivity index (χ3v) is 5.17. The van der Waals surface area contributed by atoms with Crippen molar-refractivity contribution >= 4 is 41.4 Å². The summed E-state index contributed by atoms with van der Waals surface area (Å²) < 4.78 is 5.41. The summed E-state index contributed by atoms with van der Waals surface area (Å²) in [7, 11) is 0. The van der Waals surface area contributed by atoms with Gasteiger partial charge in [-0.3, -0.25) is 0 Å². The molecule has 0 aliphatic rings. The Morgan fingerprint density at radius 1 is 0.632 bits per heavy atom. The molecule has 0 saturated heterocycles. The molecule has 0 saturated carbocycles. The maximum atomic E-state index is 12.2. The molecule has 0 fully saturated rings.